The lowest BCUT2D eigenvalue weighted by molar-refractivity contribution is -0.122. The van der Waals surface area contributed by atoms with Crippen molar-refractivity contribution < 1.29 is 14.1 Å². The van der Waals surface area contributed by atoms with Crippen LogP contribution in [0.5, 0.6) is 0 Å². The van der Waals surface area contributed by atoms with Crippen LogP contribution in [-0.4, -0.2) is 60.0 Å². The number of rotatable bonds is 4. The summed E-state index contributed by atoms with van der Waals surface area (Å²) in [6, 6.07) is 1.68. The average molecular weight is 294 g/mol. The molecule has 2 heterocycles. The van der Waals surface area contributed by atoms with Gasteiger partial charge in [0.25, 0.3) is 5.91 Å². The summed E-state index contributed by atoms with van der Waals surface area (Å²) in [5.74, 6) is -0.237. The Kier molecular flexibility index (Phi) is 4.95. The molecule has 7 heteroatoms. The second-order valence-electron chi connectivity index (χ2n) is 5.54. The van der Waals surface area contributed by atoms with Crippen molar-refractivity contribution in [2.45, 2.75) is 19.8 Å². The van der Waals surface area contributed by atoms with Crippen LogP contribution in [0.4, 0.5) is 0 Å². The highest BCUT2D eigenvalue weighted by atomic mass is 16.5. The van der Waals surface area contributed by atoms with E-state index in [0.717, 1.165) is 12.8 Å². The Morgan fingerprint density at radius 1 is 1.43 bits per heavy atom. The van der Waals surface area contributed by atoms with Gasteiger partial charge in [-0.3, -0.25) is 9.59 Å². The maximum absolute atomic E-state index is 12.5. The highest BCUT2D eigenvalue weighted by molar-refractivity contribution is 5.92. The van der Waals surface area contributed by atoms with Gasteiger partial charge in [-0.05, 0) is 13.5 Å². The first kappa shape index (κ1) is 15.5. The number of hydrogen-bond acceptors (Lipinski definition) is 5. The second kappa shape index (κ2) is 6.71. The quantitative estimate of drug-likeness (QED) is 0.851. The van der Waals surface area contributed by atoms with E-state index in [1.54, 1.807) is 11.0 Å². The third-order valence-corrected chi connectivity index (χ3v) is 3.69. The number of likely N-dealkylation sites (N-methyl/N-ethyl adjacent to an activating group) is 1. The zero-order chi connectivity index (χ0) is 15.4. The molecule has 1 saturated heterocycles. The minimum absolute atomic E-state index is 0.206. The zero-order valence-electron chi connectivity index (χ0n) is 12.5. The maximum atomic E-state index is 12.5. The van der Waals surface area contributed by atoms with Gasteiger partial charge in [0.1, 0.15) is 5.76 Å². The topological polar surface area (TPSA) is 92.7 Å². The van der Waals surface area contributed by atoms with Crippen molar-refractivity contribution in [3.63, 3.8) is 0 Å². The fraction of sp³-hybridized carbons (Fsp3) is 0.643. The van der Waals surface area contributed by atoms with Crippen LogP contribution in [0.3, 0.4) is 0 Å². The van der Waals surface area contributed by atoms with Crippen LogP contribution in [-0.2, 0) is 11.2 Å². The van der Waals surface area contributed by atoms with E-state index in [9.17, 15) is 9.59 Å². The molecule has 116 valence electrons. The molecular formula is C14H22N4O3. The van der Waals surface area contributed by atoms with Gasteiger partial charge in [-0.15, -0.1) is 0 Å². The molecule has 0 aliphatic carbocycles. The second-order valence-corrected chi connectivity index (χ2v) is 5.54. The number of nitrogens with zero attached hydrogens (tertiary/aromatic N) is 3. The Hall–Kier alpha value is -1.89. The van der Waals surface area contributed by atoms with Crippen molar-refractivity contribution in [2.75, 3.05) is 33.2 Å². The Balaban J connectivity index is 2.10. The van der Waals surface area contributed by atoms with Crippen LogP contribution >= 0.6 is 0 Å². The maximum Gasteiger partial charge on any atom is 0.276 e. The minimum Gasteiger partial charge on any atom is -0.369 e. The fourth-order valence-electron chi connectivity index (χ4n) is 2.48. The number of primary amides is 1. The van der Waals surface area contributed by atoms with Crippen molar-refractivity contribution in [2.24, 2.45) is 11.7 Å². The summed E-state index contributed by atoms with van der Waals surface area (Å²) in [6.07, 6.45) is 1.69. The third-order valence-electron chi connectivity index (χ3n) is 3.69. The molecule has 1 aliphatic heterocycles. The largest absolute Gasteiger partial charge is 0.369 e. The Bertz CT molecular complexity index is 514. The smallest absolute Gasteiger partial charge is 0.276 e. The molecule has 0 aromatic carbocycles. The first-order valence-corrected chi connectivity index (χ1v) is 7.24. The molecular weight excluding hydrogens is 272 g/mol. The molecule has 2 N–H and O–H groups in total. The third kappa shape index (κ3) is 3.81. The number of carbonyl (C=O) groups excluding carboxylic acids is 2. The SMILES string of the molecule is CCCc1cc(C(=O)N2CCN(C)C[C@@H](C(N)=O)C2)no1. The van der Waals surface area contributed by atoms with E-state index < -0.39 is 0 Å². The van der Waals surface area contributed by atoms with Gasteiger partial charge in [-0.2, -0.15) is 0 Å². The van der Waals surface area contributed by atoms with E-state index in [1.807, 2.05) is 18.9 Å². The first-order chi connectivity index (χ1) is 10.0. The molecule has 0 spiro atoms. The summed E-state index contributed by atoms with van der Waals surface area (Å²) < 4.78 is 5.14. The number of hydrogen-bond donors (Lipinski definition) is 1. The summed E-state index contributed by atoms with van der Waals surface area (Å²) in [7, 11) is 1.92. The molecule has 0 bridgehead atoms. The Morgan fingerprint density at radius 3 is 2.86 bits per heavy atom. The molecule has 1 fully saturated rings. The van der Waals surface area contributed by atoms with Gasteiger partial charge in [0.15, 0.2) is 5.69 Å². The van der Waals surface area contributed by atoms with Gasteiger partial charge in [0.05, 0.1) is 5.92 Å². The molecule has 1 aliphatic rings. The molecule has 1 aromatic heterocycles. The number of aryl methyl sites for hydroxylation is 1. The molecule has 2 rings (SSSR count). The van der Waals surface area contributed by atoms with Crippen molar-refractivity contribution in [3.05, 3.63) is 17.5 Å². The molecule has 7 nitrogen and oxygen atoms in total. The van der Waals surface area contributed by atoms with Crippen LogP contribution < -0.4 is 5.73 Å². The predicted octanol–water partition coefficient (Wildman–Crippen LogP) is 0.116. The summed E-state index contributed by atoms with van der Waals surface area (Å²) in [5.41, 5.74) is 5.70. The van der Waals surface area contributed by atoms with Crippen molar-refractivity contribution in [1.29, 1.82) is 0 Å². The van der Waals surface area contributed by atoms with Crippen molar-refractivity contribution in [1.82, 2.24) is 15.0 Å². The van der Waals surface area contributed by atoms with E-state index in [2.05, 4.69) is 5.16 Å². The molecule has 21 heavy (non-hydrogen) atoms. The van der Waals surface area contributed by atoms with Crippen molar-refractivity contribution in [3.8, 4) is 0 Å². The van der Waals surface area contributed by atoms with E-state index in [-0.39, 0.29) is 17.7 Å². The molecule has 0 unspecified atom stereocenters. The zero-order valence-corrected chi connectivity index (χ0v) is 12.5. The number of nitrogens with two attached hydrogens (primary N) is 1. The molecule has 1 atom stereocenters. The van der Waals surface area contributed by atoms with E-state index in [0.29, 0.717) is 37.6 Å². The first-order valence-electron chi connectivity index (χ1n) is 7.24. The molecule has 0 saturated carbocycles. The number of amides is 2. The highest BCUT2D eigenvalue weighted by Gasteiger charge is 2.29. The standard InChI is InChI=1S/C14H22N4O3/c1-3-4-11-7-12(16-21-11)14(20)18-6-5-17(2)8-10(9-18)13(15)19/h7,10H,3-6,8-9H2,1-2H3,(H2,15,19)/t10-/m1/s1. The molecule has 2 amide bonds. The monoisotopic (exact) mass is 294 g/mol. The number of carbonyl (C=O) groups is 2. The van der Waals surface area contributed by atoms with Crippen LogP contribution in [0.15, 0.2) is 10.6 Å². The lowest BCUT2D eigenvalue weighted by Gasteiger charge is -2.21. The van der Waals surface area contributed by atoms with Gasteiger partial charge in [-0.25, -0.2) is 0 Å². The van der Waals surface area contributed by atoms with Gasteiger partial charge in [0.2, 0.25) is 5.91 Å². The summed E-state index contributed by atoms with van der Waals surface area (Å²) >= 11 is 0. The normalized spacial score (nSPS) is 20.3. The molecule has 1 aromatic rings. The van der Waals surface area contributed by atoms with E-state index in [4.69, 9.17) is 10.3 Å². The predicted molar refractivity (Wildman–Crippen MR) is 76.6 cm³/mol. The highest BCUT2D eigenvalue weighted by Crippen LogP contribution is 2.13. The molecule has 0 radical (unpaired) electrons. The summed E-state index contributed by atoms with van der Waals surface area (Å²) in [5, 5.41) is 3.83. The lowest BCUT2D eigenvalue weighted by Crippen LogP contribution is -2.40. The van der Waals surface area contributed by atoms with Crippen LogP contribution in [0.2, 0.25) is 0 Å². The van der Waals surface area contributed by atoms with Gasteiger partial charge in [0, 0.05) is 38.7 Å². The minimum atomic E-state index is -0.381. The fourth-order valence-corrected chi connectivity index (χ4v) is 2.48. The van der Waals surface area contributed by atoms with Crippen LogP contribution in [0.1, 0.15) is 29.6 Å². The lowest BCUT2D eigenvalue weighted by atomic mass is 10.1. The van der Waals surface area contributed by atoms with Gasteiger partial charge < -0.3 is 20.1 Å². The summed E-state index contributed by atoms with van der Waals surface area (Å²) in [4.78, 5) is 27.6. The van der Waals surface area contributed by atoms with Crippen LogP contribution in [0.25, 0.3) is 0 Å². The Labute approximate surface area is 124 Å². The average Bonchev–Trinajstić information content (AvgIpc) is 2.80. The van der Waals surface area contributed by atoms with Gasteiger partial charge >= 0.3 is 0 Å². The van der Waals surface area contributed by atoms with Crippen LogP contribution in [0, 0.1) is 5.92 Å². The van der Waals surface area contributed by atoms with E-state index >= 15 is 0 Å². The Morgan fingerprint density at radius 2 is 2.19 bits per heavy atom. The van der Waals surface area contributed by atoms with E-state index in [1.165, 1.54) is 0 Å². The number of aromatic nitrogens is 1. The van der Waals surface area contributed by atoms with Gasteiger partial charge in [-0.1, -0.05) is 12.1 Å². The van der Waals surface area contributed by atoms with Crippen molar-refractivity contribution >= 4 is 11.8 Å². The summed E-state index contributed by atoms with van der Waals surface area (Å²) in [6.45, 7) is 4.18.